The first-order valence-corrected chi connectivity index (χ1v) is 18.6. The first kappa shape index (κ1) is 31.2. The highest BCUT2D eigenvalue weighted by molar-refractivity contribution is 6.23. The average molecular weight is 701 g/mol. The Morgan fingerprint density at radius 3 is 1.35 bits per heavy atom. The van der Waals surface area contributed by atoms with Crippen LogP contribution in [-0.2, 0) is 0 Å². The molecule has 3 nitrogen and oxygen atoms in total. The van der Waals surface area contributed by atoms with Crippen LogP contribution < -0.4 is 0 Å². The predicted molar refractivity (Wildman–Crippen MR) is 229 cm³/mol. The van der Waals surface area contributed by atoms with E-state index in [0.29, 0.717) is 0 Å². The molecule has 2 heterocycles. The maximum atomic E-state index is 7.08. The smallest absolute Gasteiger partial charge is 0.143 e. The lowest BCUT2D eigenvalue weighted by Gasteiger charge is -2.12. The van der Waals surface area contributed by atoms with Crippen LogP contribution in [0.15, 0.2) is 199 Å². The summed E-state index contributed by atoms with van der Waals surface area (Å²) in [6.07, 6.45) is 3.55. The highest BCUT2D eigenvalue weighted by Gasteiger charge is 2.20. The quantitative estimate of drug-likeness (QED) is 0.168. The lowest BCUT2D eigenvalue weighted by atomic mass is 9.91. The Bertz CT molecular complexity index is 3210. The Balaban J connectivity index is 1.16. The van der Waals surface area contributed by atoms with Crippen LogP contribution in [0.3, 0.4) is 0 Å². The molecule has 256 valence electrons. The van der Waals surface area contributed by atoms with Gasteiger partial charge in [0.2, 0.25) is 0 Å². The third-order valence-electron chi connectivity index (χ3n) is 10.9. The van der Waals surface area contributed by atoms with Crippen LogP contribution in [0.1, 0.15) is 0 Å². The van der Waals surface area contributed by atoms with Crippen LogP contribution in [0, 0.1) is 0 Å². The minimum absolute atomic E-state index is 0.878. The van der Waals surface area contributed by atoms with Crippen molar-refractivity contribution in [2.45, 2.75) is 0 Å². The molecule has 9 aromatic carbocycles. The zero-order valence-electron chi connectivity index (χ0n) is 29.8. The van der Waals surface area contributed by atoms with Crippen molar-refractivity contribution in [1.82, 2.24) is 9.97 Å². The number of nitrogens with zero attached hydrogens (tertiary/aromatic N) is 2. The molecule has 0 aliphatic carbocycles. The molecule has 0 bridgehead atoms. The number of aromatic nitrogens is 2. The van der Waals surface area contributed by atoms with E-state index in [1.54, 1.807) is 12.4 Å². The van der Waals surface area contributed by atoms with E-state index in [0.717, 1.165) is 93.8 Å². The summed E-state index contributed by atoms with van der Waals surface area (Å²) in [5, 5.41) is 6.75. The fourth-order valence-corrected chi connectivity index (χ4v) is 8.30. The molecule has 0 aliphatic heterocycles. The van der Waals surface area contributed by atoms with Crippen LogP contribution in [0.4, 0.5) is 0 Å². The number of benzene rings is 9. The fraction of sp³-hybridized carbons (Fsp3) is 0. The van der Waals surface area contributed by atoms with Crippen LogP contribution in [0.25, 0.3) is 110 Å². The summed E-state index contributed by atoms with van der Waals surface area (Å²) in [6, 6.07) is 65.1. The van der Waals surface area contributed by atoms with Crippen molar-refractivity contribution in [2.75, 3.05) is 0 Å². The molecule has 0 atom stereocenters. The Hall–Kier alpha value is -7.36. The van der Waals surface area contributed by atoms with E-state index in [1.165, 1.54) is 16.3 Å². The molecule has 0 amide bonds. The van der Waals surface area contributed by atoms with Gasteiger partial charge in [-0.05, 0) is 91.7 Å². The lowest BCUT2D eigenvalue weighted by molar-refractivity contribution is 0.671. The number of furan rings is 1. The standard InChI is InChI=1S/C52H32N2O/c1-4-13-33(14-5-1)39-29-44(35-17-8-3-9-18-35)51-47(31-39)48-32-40(34-15-6-2-7-16-34)30-45(52(48)55-51)38-20-12-19-36(27-38)37-23-24-43-46(28-37)41-21-10-11-22-42(41)49-50(43)54-26-25-53-49/h1-32H. The first-order valence-electron chi connectivity index (χ1n) is 18.6. The summed E-state index contributed by atoms with van der Waals surface area (Å²) in [6.45, 7) is 0. The van der Waals surface area contributed by atoms with E-state index in [9.17, 15) is 0 Å². The summed E-state index contributed by atoms with van der Waals surface area (Å²) in [4.78, 5) is 9.50. The summed E-state index contributed by atoms with van der Waals surface area (Å²) in [5.41, 5.74) is 14.9. The van der Waals surface area contributed by atoms with Gasteiger partial charge < -0.3 is 4.42 Å². The fourth-order valence-electron chi connectivity index (χ4n) is 8.30. The maximum absolute atomic E-state index is 7.08. The molecule has 11 rings (SSSR count). The van der Waals surface area contributed by atoms with Gasteiger partial charge in [-0.25, -0.2) is 0 Å². The van der Waals surface area contributed by atoms with Crippen LogP contribution in [0.2, 0.25) is 0 Å². The number of hydrogen-bond acceptors (Lipinski definition) is 3. The van der Waals surface area contributed by atoms with Gasteiger partial charge in [0.1, 0.15) is 11.2 Å². The first-order chi connectivity index (χ1) is 27.3. The van der Waals surface area contributed by atoms with Gasteiger partial charge in [0.05, 0.1) is 11.0 Å². The average Bonchev–Trinajstić information content (AvgIpc) is 3.65. The molecule has 0 spiro atoms. The van der Waals surface area contributed by atoms with E-state index >= 15 is 0 Å². The molecule has 0 N–H and O–H groups in total. The van der Waals surface area contributed by atoms with Gasteiger partial charge in [-0.1, -0.05) is 146 Å². The van der Waals surface area contributed by atoms with E-state index in [1.807, 2.05) is 0 Å². The number of hydrogen-bond donors (Lipinski definition) is 0. The molecular weight excluding hydrogens is 669 g/mol. The molecule has 0 radical (unpaired) electrons. The Morgan fingerprint density at radius 1 is 0.273 bits per heavy atom. The topological polar surface area (TPSA) is 38.9 Å². The van der Waals surface area contributed by atoms with E-state index < -0.39 is 0 Å². The molecule has 0 unspecified atom stereocenters. The molecule has 0 aliphatic rings. The summed E-state index contributed by atoms with van der Waals surface area (Å²) < 4.78 is 7.08. The molecule has 0 saturated heterocycles. The maximum Gasteiger partial charge on any atom is 0.143 e. The van der Waals surface area contributed by atoms with Gasteiger partial charge in [0.25, 0.3) is 0 Å². The number of fused-ring (bicyclic) bond motifs is 9. The largest absolute Gasteiger partial charge is 0.455 e. The van der Waals surface area contributed by atoms with Gasteiger partial charge in [0.15, 0.2) is 0 Å². The molecule has 55 heavy (non-hydrogen) atoms. The van der Waals surface area contributed by atoms with Crippen molar-refractivity contribution in [3.05, 3.63) is 194 Å². The van der Waals surface area contributed by atoms with Crippen LogP contribution in [-0.4, -0.2) is 9.97 Å². The monoisotopic (exact) mass is 700 g/mol. The van der Waals surface area contributed by atoms with E-state index in [4.69, 9.17) is 14.4 Å². The SMILES string of the molecule is c1ccc(-c2cc(-c3ccccc3)c3oc4c(-c5cccc(-c6ccc7c(c6)c6ccccc6c6nccnc76)c5)cc(-c5ccccc5)cc4c3c2)cc1. The Morgan fingerprint density at radius 2 is 0.727 bits per heavy atom. The molecule has 0 fully saturated rings. The zero-order valence-corrected chi connectivity index (χ0v) is 29.8. The minimum Gasteiger partial charge on any atom is -0.455 e. The van der Waals surface area contributed by atoms with Crippen molar-refractivity contribution in [3.8, 4) is 55.6 Å². The summed E-state index contributed by atoms with van der Waals surface area (Å²) in [7, 11) is 0. The molecule has 2 aromatic heterocycles. The third kappa shape index (κ3) is 5.20. The van der Waals surface area contributed by atoms with Crippen molar-refractivity contribution in [3.63, 3.8) is 0 Å². The van der Waals surface area contributed by atoms with Gasteiger partial charge in [-0.3, -0.25) is 9.97 Å². The van der Waals surface area contributed by atoms with Gasteiger partial charge in [-0.15, -0.1) is 0 Å². The zero-order chi connectivity index (χ0) is 36.3. The highest BCUT2D eigenvalue weighted by Crippen LogP contribution is 2.45. The third-order valence-corrected chi connectivity index (χ3v) is 10.9. The van der Waals surface area contributed by atoms with E-state index in [-0.39, 0.29) is 0 Å². The Kier molecular flexibility index (Phi) is 7.17. The second-order valence-corrected chi connectivity index (χ2v) is 14.1. The van der Waals surface area contributed by atoms with Crippen molar-refractivity contribution >= 4 is 54.5 Å². The van der Waals surface area contributed by atoms with Crippen LogP contribution >= 0.6 is 0 Å². The molecule has 3 heteroatoms. The predicted octanol–water partition coefficient (Wildman–Crippen LogP) is 14.2. The second kappa shape index (κ2) is 12.6. The minimum atomic E-state index is 0.878. The van der Waals surface area contributed by atoms with Crippen molar-refractivity contribution < 1.29 is 4.42 Å². The second-order valence-electron chi connectivity index (χ2n) is 14.1. The number of rotatable bonds is 5. The van der Waals surface area contributed by atoms with Gasteiger partial charge in [-0.2, -0.15) is 0 Å². The van der Waals surface area contributed by atoms with E-state index in [2.05, 4.69) is 182 Å². The summed E-state index contributed by atoms with van der Waals surface area (Å²) in [5.74, 6) is 0. The summed E-state index contributed by atoms with van der Waals surface area (Å²) >= 11 is 0. The lowest BCUT2D eigenvalue weighted by Crippen LogP contribution is -1.89. The Labute approximate surface area is 317 Å². The molecule has 11 aromatic rings. The normalized spacial score (nSPS) is 11.6. The van der Waals surface area contributed by atoms with Crippen LogP contribution in [0.5, 0.6) is 0 Å². The molecule has 0 saturated carbocycles. The van der Waals surface area contributed by atoms with Gasteiger partial charge >= 0.3 is 0 Å². The van der Waals surface area contributed by atoms with Crippen molar-refractivity contribution in [2.24, 2.45) is 0 Å². The molecular formula is C52H32N2O. The van der Waals surface area contributed by atoms with Crippen molar-refractivity contribution in [1.29, 1.82) is 0 Å². The highest BCUT2D eigenvalue weighted by atomic mass is 16.3. The van der Waals surface area contributed by atoms with Gasteiger partial charge in [0, 0.05) is 45.1 Å².